The molecule has 0 unspecified atom stereocenters. The number of carbonyl (C=O) groups is 1. The number of carbonyl (C=O) groups excluding carboxylic acids is 1. The van der Waals surface area contributed by atoms with Crippen molar-refractivity contribution in [3.05, 3.63) is 96.6 Å². The Morgan fingerprint density at radius 1 is 0.857 bits per heavy atom. The van der Waals surface area contributed by atoms with Crippen LogP contribution in [0.2, 0.25) is 5.04 Å². The minimum absolute atomic E-state index is 0.0414. The predicted molar refractivity (Wildman–Crippen MR) is 142 cm³/mol. The van der Waals surface area contributed by atoms with E-state index in [1.807, 2.05) is 23.1 Å². The molecular formula is C30H35NO3Si. The van der Waals surface area contributed by atoms with Crippen molar-refractivity contribution in [1.82, 2.24) is 4.90 Å². The molecule has 182 valence electrons. The van der Waals surface area contributed by atoms with E-state index in [0.29, 0.717) is 6.54 Å². The number of hydrogen-bond donors (Lipinski definition) is 0. The average molecular weight is 486 g/mol. The third-order valence-corrected chi connectivity index (χ3v) is 12.6. The topological polar surface area (TPSA) is 38.8 Å². The molecule has 2 fully saturated rings. The van der Waals surface area contributed by atoms with Crippen LogP contribution in [0.3, 0.4) is 0 Å². The second-order valence-corrected chi connectivity index (χ2v) is 15.0. The number of fused-ring (bicyclic) bond motifs is 1. The highest BCUT2D eigenvalue weighted by atomic mass is 28.4. The van der Waals surface area contributed by atoms with Crippen LogP contribution in [0.15, 0.2) is 91.0 Å². The summed E-state index contributed by atoms with van der Waals surface area (Å²) in [6.45, 7) is 7.65. The van der Waals surface area contributed by atoms with Crippen molar-refractivity contribution in [3.63, 3.8) is 0 Å². The lowest BCUT2D eigenvalue weighted by Crippen LogP contribution is -2.68. The molecule has 0 bridgehead atoms. The van der Waals surface area contributed by atoms with E-state index < -0.39 is 8.32 Å². The quantitative estimate of drug-likeness (QED) is 0.482. The summed E-state index contributed by atoms with van der Waals surface area (Å²) in [5.74, 6) is 0.0706. The van der Waals surface area contributed by atoms with E-state index in [-0.39, 0.29) is 35.8 Å². The molecule has 1 heterocycles. The van der Waals surface area contributed by atoms with E-state index in [4.69, 9.17) is 9.16 Å². The Bertz CT molecular complexity index is 1090. The Hall–Kier alpha value is -2.73. The summed E-state index contributed by atoms with van der Waals surface area (Å²) in [5.41, 5.74) is 1.15. The Morgan fingerprint density at radius 3 is 1.94 bits per heavy atom. The normalized spacial score (nSPS) is 22.8. The predicted octanol–water partition coefficient (Wildman–Crippen LogP) is 4.52. The molecule has 0 radical (unpaired) electrons. The first-order valence-electron chi connectivity index (χ1n) is 12.6. The molecule has 1 saturated carbocycles. The number of nitrogens with zero attached hydrogens (tertiary/aromatic N) is 1. The number of benzene rings is 3. The zero-order valence-electron chi connectivity index (χ0n) is 20.9. The fourth-order valence-corrected chi connectivity index (χ4v) is 10.6. The molecule has 2 aliphatic rings. The van der Waals surface area contributed by atoms with Crippen LogP contribution in [0.5, 0.6) is 0 Å². The van der Waals surface area contributed by atoms with E-state index in [9.17, 15) is 4.79 Å². The van der Waals surface area contributed by atoms with E-state index in [1.165, 1.54) is 10.4 Å². The van der Waals surface area contributed by atoms with Gasteiger partial charge in [-0.2, -0.15) is 0 Å². The van der Waals surface area contributed by atoms with Gasteiger partial charge in [-0.05, 0) is 33.8 Å². The Balaban J connectivity index is 1.50. The van der Waals surface area contributed by atoms with Crippen LogP contribution < -0.4 is 10.4 Å². The molecule has 1 saturated heterocycles. The van der Waals surface area contributed by atoms with Gasteiger partial charge >= 0.3 is 0 Å². The molecule has 3 aromatic carbocycles. The van der Waals surface area contributed by atoms with Crippen LogP contribution >= 0.6 is 0 Å². The smallest absolute Gasteiger partial charge is 0.261 e. The van der Waals surface area contributed by atoms with Gasteiger partial charge in [-0.3, -0.25) is 4.79 Å². The third-order valence-electron chi connectivity index (χ3n) is 7.55. The Morgan fingerprint density at radius 2 is 1.40 bits per heavy atom. The van der Waals surface area contributed by atoms with Crippen molar-refractivity contribution in [3.8, 4) is 0 Å². The van der Waals surface area contributed by atoms with Gasteiger partial charge < -0.3 is 14.1 Å². The number of morpholine rings is 1. The SMILES string of the molecule is CC(C)(C)[Si](O[C@H]1CC[C@@H]2[C@H]1OCC(=O)N2Cc1ccccc1)(c1ccccc1)c1ccccc1. The molecule has 4 nitrogen and oxygen atoms in total. The van der Waals surface area contributed by atoms with Gasteiger partial charge in [0.15, 0.2) is 0 Å². The molecule has 35 heavy (non-hydrogen) atoms. The molecule has 0 spiro atoms. The van der Waals surface area contributed by atoms with Gasteiger partial charge in [0.25, 0.3) is 8.32 Å². The first kappa shape index (κ1) is 24.0. The minimum atomic E-state index is -2.69. The summed E-state index contributed by atoms with van der Waals surface area (Å²) in [7, 11) is -2.69. The lowest BCUT2D eigenvalue weighted by molar-refractivity contribution is -0.160. The zero-order chi connectivity index (χ0) is 24.5. The van der Waals surface area contributed by atoms with Crippen molar-refractivity contribution in [2.24, 2.45) is 0 Å². The van der Waals surface area contributed by atoms with Crippen LogP contribution in [-0.2, 0) is 20.5 Å². The van der Waals surface area contributed by atoms with Gasteiger partial charge in [0, 0.05) is 6.54 Å². The second-order valence-electron chi connectivity index (χ2n) is 10.7. The zero-order valence-corrected chi connectivity index (χ0v) is 21.9. The Kier molecular flexibility index (Phi) is 6.66. The summed E-state index contributed by atoms with van der Waals surface area (Å²) in [4.78, 5) is 14.9. The van der Waals surface area contributed by atoms with Crippen LogP contribution in [-0.4, -0.2) is 44.0 Å². The maximum absolute atomic E-state index is 12.9. The van der Waals surface area contributed by atoms with Gasteiger partial charge in [0.2, 0.25) is 5.91 Å². The molecule has 0 aromatic heterocycles. The average Bonchev–Trinajstić information content (AvgIpc) is 3.28. The van der Waals surface area contributed by atoms with Crippen LogP contribution in [0.25, 0.3) is 0 Å². The van der Waals surface area contributed by atoms with E-state index >= 15 is 0 Å². The summed E-state index contributed by atoms with van der Waals surface area (Å²) >= 11 is 0. The number of ether oxygens (including phenoxy) is 1. The van der Waals surface area contributed by atoms with Crippen LogP contribution in [0.4, 0.5) is 0 Å². The van der Waals surface area contributed by atoms with Gasteiger partial charge in [-0.15, -0.1) is 0 Å². The maximum Gasteiger partial charge on any atom is 0.261 e. The van der Waals surface area contributed by atoms with Crippen molar-refractivity contribution in [2.45, 2.75) is 63.4 Å². The second kappa shape index (κ2) is 9.73. The molecular weight excluding hydrogens is 450 g/mol. The summed E-state index contributed by atoms with van der Waals surface area (Å²) < 4.78 is 13.6. The molecule has 5 rings (SSSR count). The fourth-order valence-electron chi connectivity index (χ4n) is 5.93. The van der Waals surface area contributed by atoms with Gasteiger partial charge in [0.1, 0.15) is 12.7 Å². The highest BCUT2D eigenvalue weighted by molar-refractivity contribution is 6.99. The lowest BCUT2D eigenvalue weighted by Gasteiger charge is -2.46. The number of rotatable bonds is 6. The standard InChI is InChI=1S/C30H35NO3Si/c1-30(2,3)35(24-15-9-5-10-16-24,25-17-11-6-12-18-25)34-27-20-19-26-29(27)33-22-28(32)31(26)21-23-13-7-4-8-14-23/h4-18,26-27,29H,19-22H2,1-3H3/t26-,27+,29-/m1/s1. The van der Waals surface area contributed by atoms with Crippen LogP contribution in [0, 0.1) is 0 Å². The van der Waals surface area contributed by atoms with Crippen LogP contribution in [0.1, 0.15) is 39.2 Å². The molecule has 1 aliphatic heterocycles. The van der Waals surface area contributed by atoms with E-state index in [1.54, 1.807) is 0 Å². The Labute approximate surface area is 210 Å². The van der Waals surface area contributed by atoms with E-state index in [0.717, 1.165) is 18.4 Å². The lowest BCUT2D eigenvalue weighted by atomic mass is 10.1. The summed E-state index contributed by atoms with van der Waals surface area (Å²) in [5, 5.41) is 2.45. The monoisotopic (exact) mass is 485 g/mol. The van der Waals surface area contributed by atoms with Crippen molar-refractivity contribution in [1.29, 1.82) is 0 Å². The van der Waals surface area contributed by atoms with Crippen molar-refractivity contribution < 1.29 is 14.0 Å². The van der Waals surface area contributed by atoms with Crippen molar-refractivity contribution in [2.75, 3.05) is 6.61 Å². The number of amides is 1. The molecule has 3 atom stereocenters. The van der Waals surface area contributed by atoms with E-state index in [2.05, 4.69) is 93.6 Å². The first-order valence-corrected chi connectivity index (χ1v) is 14.5. The molecule has 1 amide bonds. The fraction of sp³-hybridized carbons (Fsp3) is 0.367. The van der Waals surface area contributed by atoms with Crippen molar-refractivity contribution >= 4 is 24.6 Å². The largest absolute Gasteiger partial charge is 0.402 e. The summed E-state index contributed by atoms with van der Waals surface area (Å²) in [6, 6.07) is 31.8. The number of hydrogen-bond acceptors (Lipinski definition) is 3. The highest BCUT2D eigenvalue weighted by Gasteiger charge is 2.55. The molecule has 1 aliphatic carbocycles. The third kappa shape index (κ3) is 4.49. The first-order chi connectivity index (χ1) is 16.9. The minimum Gasteiger partial charge on any atom is -0.402 e. The van der Waals surface area contributed by atoms with Gasteiger partial charge in [0.05, 0.1) is 12.1 Å². The highest BCUT2D eigenvalue weighted by Crippen LogP contribution is 2.41. The molecule has 3 aromatic rings. The molecule has 5 heteroatoms. The molecule has 0 N–H and O–H groups in total. The maximum atomic E-state index is 12.9. The van der Waals surface area contributed by atoms with Gasteiger partial charge in [-0.25, -0.2) is 0 Å². The summed E-state index contributed by atoms with van der Waals surface area (Å²) in [6.07, 6.45) is 1.61. The van der Waals surface area contributed by atoms with Gasteiger partial charge in [-0.1, -0.05) is 112 Å².